The van der Waals surface area contributed by atoms with Crippen molar-refractivity contribution in [3.8, 4) is 5.88 Å². The molecule has 0 spiro atoms. The average molecular weight is 264 g/mol. The summed E-state index contributed by atoms with van der Waals surface area (Å²) in [6.07, 6.45) is 7.97. The zero-order chi connectivity index (χ0) is 13.0. The monoisotopic (exact) mass is 264 g/mol. The van der Waals surface area contributed by atoms with Gasteiger partial charge in [-0.25, -0.2) is 4.98 Å². The van der Waals surface area contributed by atoms with Crippen LogP contribution in [0.15, 0.2) is 18.3 Å². The highest BCUT2D eigenvalue weighted by Crippen LogP contribution is 2.29. The molecular formula is C14H20N2OS. The van der Waals surface area contributed by atoms with Crippen LogP contribution < -0.4 is 10.5 Å². The van der Waals surface area contributed by atoms with Crippen molar-refractivity contribution in [2.24, 2.45) is 11.7 Å². The Bertz CT molecular complexity index is 422. The van der Waals surface area contributed by atoms with Crippen molar-refractivity contribution in [2.45, 2.75) is 45.1 Å². The lowest BCUT2D eigenvalue weighted by Crippen LogP contribution is -2.26. The molecule has 1 saturated carbocycles. The summed E-state index contributed by atoms with van der Waals surface area (Å²) in [7, 11) is 0. The van der Waals surface area contributed by atoms with Gasteiger partial charge in [0.05, 0.1) is 5.56 Å². The van der Waals surface area contributed by atoms with Crippen molar-refractivity contribution in [1.29, 1.82) is 0 Å². The Morgan fingerprint density at radius 1 is 1.56 bits per heavy atom. The topological polar surface area (TPSA) is 48.1 Å². The van der Waals surface area contributed by atoms with E-state index in [0.717, 1.165) is 24.3 Å². The maximum Gasteiger partial charge on any atom is 0.223 e. The largest absolute Gasteiger partial charge is 0.474 e. The third kappa shape index (κ3) is 3.19. The van der Waals surface area contributed by atoms with Gasteiger partial charge in [-0.05, 0) is 37.3 Å². The molecule has 2 atom stereocenters. The summed E-state index contributed by atoms with van der Waals surface area (Å²) >= 11 is 5.02. The molecule has 0 bridgehead atoms. The summed E-state index contributed by atoms with van der Waals surface area (Å²) < 4.78 is 6.00. The van der Waals surface area contributed by atoms with E-state index >= 15 is 0 Å². The van der Waals surface area contributed by atoms with Crippen LogP contribution in [0, 0.1) is 5.92 Å². The van der Waals surface area contributed by atoms with Crippen LogP contribution in [-0.4, -0.2) is 16.1 Å². The number of pyridine rings is 1. The third-order valence-electron chi connectivity index (χ3n) is 3.63. The summed E-state index contributed by atoms with van der Waals surface area (Å²) in [6.45, 7) is 2.24. The number of aromatic nitrogens is 1. The number of ether oxygens (including phenoxy) is 1. The van der Waals surface area contributed by atoms with E-state index in [9.17, 15) is 0 Å². The average Bonchev–Trinajstić information content (AvgIpc) is 2.39. The minimum Gasteiger partial charge on any atom is -0.474 e. The molecule has 1 aliphatic carbocycles. The molecule has 1 aromatic rings. The fraction of sp³-hybridized carbons (Fsp3) is 0.571. The summed E-state index contributed by atoms with van der Waals surface area (Å²) in [6, 6.07) is 3.70. The molecule has 0 radical (unpaired) electrons. The second-order valence-corrected chi connectivity index (χ2v) is 5.34. The fourth-order valence-electron chi connectivity index (χ4n) is 2.55. The van der Waals surface area contributed by atoms with E-state index in [1.807, 2.05) is 12.1 Å². The highest BCUT2D eigenvalue weighted by molar-refractivity contribution is 7.80. The second-order valence-electron chi connectivity index (χ2n) is 4.90. The van der Waals surface area contributed by atoms with E-state index in [2.05, 4.69) is 11.9 Å². The van der Waals surface area contributed by atoms with Gasteiger partial charge in [-0.15, -0.1) is 0 Å². The van der Waals surface area contributed by atoms with E-state index in [-0.39, 0.29) is 6.10 Å². The number of hydrogen-bond acceptors (Lipinski definition) is 3. The van der Waals surface area contributed by atoms with Crippen molar-refractivity contribution in [3.05, 3.63) is 23.9 Å². The van der Waals surface area contributed by atoms with Crippen LogP contribution in [0.5, 0.6) is 5.88 Å². The molecule has 98 valence electrons. The van der Waals surface area contributed by atoms with Crippen LogP contribution in [0.1, 0.15) is 44.6 Å². The number of hydrogen-bond donors (Lipinski definition) is 1. The smallest absolute Gasteiger partial charge is 0.223 e. The predicted molar refractivity (Wildman–Crippen MR) is 76.8 cm³/mol. The number of nitrogens with two attached hydrogens (primary N) is 1. The molecule has 2 unspecified atom stereocenters. The van der Waals surface area contributed by atoms with Crippen molar-refractivity contribution in [3.63, 3.8) is 0 Å². The molecule has 4 heteroatoms. The van der Waals surface area contributed by atoms with E-state index in [1.165, 1.54) is 19.3 Å². The summed E-state index contributed by atoms with van der Waals surface area (Å²) in [5.74, 6) is 1.37. The first kappa shape index (κ1) is 13.3. The van der Waals surface area contributed by atoms with E-state index in [1.54, 1.807) is 6.20 Å². The lowest BCUT2D eigenvalue weighted by Gasteiger charge is -2.29. The standard InChI is InChI=1S/C14H20N2OS/c1-2-10-5-3-6-11(9-10)17-14-12(13(15)18)7-4-8-16-14/h4,7-8,10-11H,2-3,5-6,9H2,1H3,(H2,15,18). The number of rotatable bonds is 4. The van der Waals surface area contributed by atoms with Crippen LogP contribution in [0.2, 0.25) is 0 Å². The summed E-state index contributed by atoms with van der Waals surface area (Å²) in [5, 5.41) is 0. The quantitative estimate of drug-likeness (QED) is 0.849. The molecule has 1 heterocycles. The molecule has 3 nitrogen and oxygen atoms in total. The Morgan fingerprint density at radius 3 is 3.11 bits per heavy atom. The van der Waals surface area contributed by atoms with Crippen LogP contribution in [-0.2, 0) is 0 Å². The molecule has 0 aromatic carbocycles. The van der Waals surface area contributed by atoms with Crippen molar-refractivity contribution in [1.82, 2.24) is 4.98 Å². The Morgan fingerprint density at radius 2 is 2.39 bits per heavy atom. The SMILES string of the molecule is CCC1CCCC(Oc2ncccc2C(N)=S)C1. The number of nitrogens with zero attached hydrogens (tertiary/aromatic N) is 1. The maximum atomic E-state index is 6.00. The molecule has 0 aliphatic heterocycles. The van der Waals surface area contributed by atoms with Crippen molar-refractivity contribution < 1.29 is 4.74 Å². The molecule has 1 fully saturated rings. The molecule has 0 amide bonds. The Balaban J connectivity index is 2.07. The Hall–Kier alpha value is -1.16. The van der Waals surface area contributed by atoms with Crippen LogP contribution in [0.4, 0.5) is 0 Å². The zero-order valence-corrected chi connectivity index (χ0v) is 11.6. The first-order valence-corrected chi connectivity index (χ1v) is 7.03. The molecule has 18 heavy (non-hydrogen) atoms. The van der Waals surface area contributed by atoms with Crippen LogP contribution in [0.25, 0.3) is 0 Å². The van der Waals surface area contributed by atoms with Gasteiger partial charge < -0.3 is 10.5 Å². The predicted octanol–water partition coefficient (Wildman–Crippen LogP) is 3.06. The van der Waals surface area contributed by atoms with Crippen LogP contribution >= 0.6 is 12.2 Å². The maximum absolute atomic E-state index is 6.00. The van der Waals surface area contributed by atoms with Gasteiger partial charge in [0.15, 0.2) is 0 Å². The highest BCUT2D eigenvalue weighted by atomic mass is 32.1. The summed E-state index contributed by atoms with van der Waals surface area (Å²) in [5.41, 5.74) is 6.43. The first-order chi connectivity index (χ1) is 8.70. The Kier molecular flexibility index (Phi) is 4.53. The van der Waals surface area contributed by atoms with E-state index in [4.69, 9.17) is 22.7 Å². The Labute approximate surface area is 114 Å². The van der Waals surface area contributed by atoms with Crippen molar-refractivity contribution in [2.75, 3.05) is 0 Å². The molecule has 2 N–H and O–H groups in total. The van der Waals surface area contributed by atoms with Gasteiger partial charge in [-0.3, -0.25) is 0 Å². The molecule has 0 saturated heterocycles. The van der Waals surface area contributed by atoms with Gasteiger partial charge in [0.25, 0.3) is 0 Å². The molecule has 1 aromatic heterocycles. The van der Waals surface area contributed by atoms with Gasteiger partial charge in [0.1, 0.15) is 11.1 Å². The van der Waals surface area contributed by atoms with Gasteiger partial charge >= 0.3 is 0 Å². The lowest BCUT2D eigenvalue weighted by molar-refractivity contribution is 0.117. The third-order valence-corrected chi connectivity index (χ3v) is 3.85. The van der Waals surface area contributed by atoms with Crippen LogP contribution in [0.3, 0.4) is 0 Å². The van der Waals surface area contributed by atoms with Crippen molar-refractivity contribution >= 4 is 17.2 Å². The zero-order valence-electron chi connectivity index (χ0n) is 10.8. The number of thiocarbonyl (C=S) groups is 1. The van der Waals surface area contributed by atoms with Gasteiger partial charge in [0, 0.05) is 6.20 Å². The minimum absolute atomic E-state index is 0.256. The van der Waals surface area contributed by atoms with Gasteiger partial charge in [-0.1, -0.05) is 32.0 Å². The van der Waals surface area contributed by atoms with Gasteiger partial charge in [0.2, 0.25) is 5.88 Å². The normalized spacial score (nSPS) is 23.6. The molecule has 2 rings (SSSR count). The second kappa shape index (κ2) is 6.14. The molecule has 1 aliphatic rings. The lowest BCUT2D eigenvalue weighted by atomic mass is 9.85. The van der Waals surface area contributed by atoms with Gasteiger partial charge in [-0.2, -0.15) is 0 Å². The van der Waals surface area contributed by atoms with E-state index in [0.29, 0.717) is 10.9 Å². The highest BCUT2D eigenvalue weighted by Gasteiger charge is 2.23. The fourth-order valence-corrected chi connectivity index (χ4v) is 2.70. The minimum atomic E-state index is 0.256. The first-order valence-electron chi connectivity index (χ1n) is 6.62. The summed E-state index contributed by atoms with van der Waals surface area (Å²) in [4.78, 5) is 4.60. The molecular weight excluding hydrogens is 244 g/mol. The van der Waals surface area contributed by atoms with E-state index < -0.39 is 0 Å².